The molecule has 0 spiro atoms. The van der Waals surface area contributed by atoms with E-state index in [2.05, 4.69) is 10.2 Å². The van der Waals surface area contributed by atoms with Crippen molar-refractivity contribution in [3.63, 3.8) is 0 Å². The van der Waals surface area contributed by atoms with E-state index in [4.69, 9.17) is 0 Å². The lowest BCUT2D eigenvalue weighted by Gasteiger charge is -2.34. The van der Waals surface area contributed by atoms with Crippen LogP contribution in [0, 0.1) is 0 Å². The van der Waals surface area contributed by atoms with Crippen LogP contribution in [0.1, 0.15) is 32.1 Å². The van der Waals surface area contributed by atoms with Gasteiger partial charge in [-0.05, 0) is 12.8 Å². The Morgan fingerprint density at radius 1 is 1.26 bits per heavy atom. The molecule has 1 atom stereocenters. The van der Waals surface area contributed by atoms with Crippen LogP contribution in [0.3, 0.4) is 0 Å². The van der Waals surface area contributed by atoms with Gasteiger partial charge in [0.15, 0.2) is 9.84 Å². The number of hydrogen-bond donors (Lipinski definition) is 1. The predicted molar refractivity (Wildman–Crippen MR) is 82.4 cm³/mol. The molecular weight excluding hydrogens is 280 g/mol. The number of hydrogen-bond acceptors (Lipinski definition) is 5. The van der Waals surface area contributed by atoms with E-state index in [0.29, 0.717) is 6.04 Å². The highest BCUT2D eigenvalue weighted by molar-refractivity contribution is 8.00. The molecule has 1 unspecified atom stereocenters. The van der Waals surface area contributed by atoms with Crippen LogP contribution in [-0.4, -0.2) is 62.1 Å². The molecule has 0 radical (unpaired) electrons. The van der Waals surface area contributed by atoms with Crippen LogP contribution in [0.15, 0.2) is 0 Å². The van der Waals surface area contributed by atoms with Gasteiger partial charge in [-0.3, -0.25) is 4.90 Å². The molecule has 1 aliphatic carbocycles. The minimum atomic E-state index is -2.95. The molecule has 1 N–H and O–H groups in total. The van der Waals surface area contributed by atoms with Gasteiger partial charge in [0.1, 0.15) is 5.37 Å². The van der Waals surface area contributed by atoms with Crippen LogP contribution >= 0.6 is 11.8 Å². The second kappa shape index (κ2) is 7.29. The zero-order chi connectivity index (χ0) is 13.7. The van der Waals surface area contributed by atoms with E-state index in [0.717, 1.165) is 31.1 Å². The molecule has 1 saturated heterocycles. The molecule has 4 nitrogen and oxygen atoms in total. The molecule has 1 aliphatic heterocycles. The molecule has 19 heavy (non-hydrogen) atoms. The van der Waals surface area contributed by atoms with Crippen LogP contribution in [0.4, 0.5) is 0 Å². The van der Waals surface area contributed by atoms with E-state index in [9.17, 15) is 8.42 Å². The lowest BCUT2D eigenvalue weighted by molar-refractivity contribution is 0.258. The topological polar surface area (TPSA) is 49.4 Å². The number of sulfone groups is 1. The molecule has 0 aromatic rings. The van der Waals surface area contributed by atoms with E-state index < -0.39 is 9.84 Å². The maximum atomic E-state index is 11.8. The fourth-order valence-corrected chi connectivity index (χ4v) is 5.96. The lowest BCUT2D eigenvalue weighted by Crippen LogP contribution is -2.49. The van der Waals surface area contributed by atoms with Crippen LogP contribution in [0.5, 0.6) is 0 Å². The van der Waals surface area contributed by atoms with Gasteiger partial charge >= 0.3 is 0 Å². The first kappa shape index (κ1) is 15.6. The molecule has 1 saturated carbocycles. The summed E-state index contributed by atoms with van der Waals surface area (Å²) in [6, 6.07) is 0.657. The molecule has 112 valence electrons. The molecule has 2 aliphatic rings. The van der Waals surface area contributed by atoms with Crippen molar-refractivity contribution in [1.82, 2.24) is 10.2 Å². The Kier molecular flexibility index (Phi) is 5.99. The van der Waals surface area contributed by atoms with Crippen molar-refractivity contribution in [3.8, 4) is 0 Å². The van der Waals surface area contributed by atoms with Gasteiger partial charge in [-0.25, -0.2) is 8.42 Å². The molecule has 2 rings (SSSR count). The summed E-state index contributed by atoms with van der Waals surface area (Å²) >= 11 is 1.75. The first-order chi connectivity index (χ1) is 9.07. The SMILES string of the molecule is CS(=O)(=O)C1CSCCN1CCNC1CCCCC1. The van der Waals surface area contributed by atoms with Gasteiger partial charge in [0.05, 0.1) is 0 Å². The zero-order valence-corrected chi connectivity index (χ0v) is 13.4. The summed E-state index contributed by atoms with van der Waals surface area (Å²) < 4.78 is 23.6. The highest BCUT2D eigenvalue weighted by Gasteiger charge is 2.30. The first-order valence-electron chi connectivity index (χ1n) is 7.31. The van der Waals surface area contributed by atoms with Gasteiger partial charge in [0.25, 0.3) is 0 Å². The highest BCUT2D eigenvalue weighted by Crippen LogP contribution is 2.20. The Bertz CT molecular complexity index is 367. The Hall–Kier alpha value is 0.220. The van der Waals surface area contributed by atoms with E-state index >= 15 is 0 Å². The Labute approximate surface area is 121 Å². The second-order valence-electron chi connectivity index (χ2n) is 5.68. The second-order valence-corrected chi connectivity index (χ2v) is 9.04. The van der Waals surface area contributed by atoms with Crippen LogP contribution < -0.4 is 5.32 Å². The van der Waals surface area contributed by atoms with Crippen molar-refractivity contribution in [2.75, 3.05) is 37.4 Å². The van der Waals surface area contributed by atoms with Crippen LogP contribution in [-0.2, 0) is 9.84 Å². The van der Waals surface area contributed by atoms with Crippen molar-refractivity contribution >= 4 is 21.6 Å². The molecule has 0 aromatic carbocycles. The number of nitrogens with one attached hydrogen (secondary N) is 1. The van der Waals surface area contributed by atoms with E-state index in [1.165, 1.54) is 38.4 Å². The molecular formula is C13H26N2O2S2. The Morgan fingerprint density at radius 2 is 2.00 bits per heavy atom. The monoisotopic (exact) mass is 306 g/mol. The van der Waals surface area contributed by atoms with Crippen LogP contribution in [0.25, 0.3) is 0 Å². The average Bonchev–Trinajstić information content (AvgIpc) is 2.39. The number of nitrogens with zero attached hydrogens (tertiary/aromatic N) is 1. The minimum Gasteiger partial charge on any atom is -0.313 e. The molecule has 6 heteroatoms. The quantitative estimate of drug-likeness (QED) is 0.830. The normalized spacial score (nSPS) is 27.5. The summed E-state index contributed by atoms with van der Waals surface area (Å²) in [5.74, 6) is 1.78. The maximum Gasteiger partial charge on any atom is 0.164 e. The molecule has 0 amide bonds. The van der Waals surface area contributed by atoms with Crippen molar-refractivity contribution in [2.45, 2.75) is 43.5 Å². The van der Waals surface area contributed by atoms with Gasteiger partial charge in [-0.1, -0.05) is 19.3 Å². The van der Waals surface area contributed by atoms with Gasteiger partial charge in [0.2, 0.25) is 0 Å². The van der Waals surface area contributed by atoms with Crippen molar-refractivity contribution < 1.29 is 8.42 Å². The summed E-state index contributed by atoms with van der Waals surface area (Å²) in [5.41, 5.74) is 0. The fourth-order valence-electron chi connectivity index (χ4n) is 2.98. The van der Waals surface area contributed by atoms with E-state index in [-0.39, 0.29) is 5.37 Å². The fraction of sp³-hybridized carbons (Fsp3) is 1.00. The zero-order valence-electron chi connectivity index (χ0n) is 11.8. The molecule has 1 heterocycles. The number of thioether (sulfide) groups is 1. The summed E-state index contributed by atoms with van der Waals surface area (Å²) in [5, 5.41) is 3.32. The summed E-state index contributed by atoms with van der Waals surface area (Å²) in [4.78, 5) is 2.14. The number of rotatable bonds is 5. The Morgan fingerprint density at radius 3 is 2.68 bits per heavy atom. The lowest BCUT2D eigenvalue weighted by atomic mass is 9.95. The predicted octanol–water partition coefficient (Wildman–Crippen LogP) is 1.33. The third kappa shape index (κ3) is 4.92. The molecule has 2 fully saturated rings. The third-order valence-electron chi connectivity index (χ3n) is 4.12. The van der Waals surface area contributed by atoms with Gasteiger partial charge < -0.3 is 5.32 Å². The summed E-state index contributed by atoms with van der Waals surface area (Å²) in [6.07, 6.45) is 7.98. The average molecular weight is 306 g/mol. The van der Waals surface area contributed by atoms with Gasteiger partial charge in [0, 0.05) is 43.4 Å². The molecule has 0 aromatic heterocycles. The summed E-state index contributed by atoms with van der Waals surface area (Å²) in [7, 11) is -2.95. The minimum absolute atomic E-state index is 0.278. The molecule has 0 bridgehead atoms. The first-order valence-corrected chi connectivity index (χ1v) is 10.4. The summed E-state index contributed by atoms with van der Waals surface area (Å²) in [6.45, 7) is 2.67. The van der Waals surface area contributed by atoms with E-state index in [1.807, 2.05) is 0 Å². The maximum absolute atomic E-state index is 11.8. The van der Waals surface area contributed by atoms with E-state index in [1.54, 1.807) is 11.8 Å². The standard InChI is InChI=1S/C13H26N2O2S2/c1-19(16,17)13-11-18-10-9-15(13)8-7-14-12-5-3-2-4-6-12/h12-14H,2-11H2,1H3. The third-order valence-corrected chi connectivity index (χ3v) is 6.81. The smallest absolute Gasteiger partial charge is 0.164 e. The van der Waals surface area contributed by atoms with Crippen molar-refractivity contribution in [1.29, 1.82) is 0 Å². The van der Waals surface area contributed by atoms with Crippen molar-refractivity contribution in [3.05, 3.63) is 0 Å². The van der Waals surface area contributed by atoms with Gasteiger partial charge in [-0.2, -0.15) is 11.8 Å². The van der Waals surface area contributed by atoms with Crippen LogP contribution in [0.2, 0.25) is 0 Å². The highest BCUT2D eigenvalue weighted by atomic mass is 32.2. The van der Waals surface area contributed by atoms with Gasteiger partial charge in [-0.15, -0.1) is 0 Å². The van der Waals surface area contributed by atoms with Crippen molar-refractivity contribution in [2.24, 2.45) is 0 Å². The largest absolute Gasteiger partial charge is 0.313 e. The Balaban J connectivity index is 1.76.